The highest BCUT2D eigenvalue weighted by molar-refractivity contribution is 7.89. The van der Waals surface area contributed by atoms with Gasteiger partial charge in [-0.05, 0) is 25.5 Å². The Labute approximate surface area is 105 Å². The third-order valence-electron chi connectivity index (χ3n) is 2.40. The van der Waals surface area contributed by atoms with Crippen LogP contribution in [0.3, 0.4) is 0 Å². The van der Waals surface area contributed by atoms with Crippen LogP contribution in [0, 0.1) is 13.8 Å². The number of aliphatic carboxylic acids is 1. The van der Waals surface area contributed by atoms with Crippen LogP contribution in [0.5, 0.6) is 0 Å². The van der Waals surface area contributed by atoms with Crippen LogP contribution in [-0.2, 0) is 14.8 Å². The van der Waals surface area contributed by atoms with Crippen LogP contribution in [0.25, 0.3) is 0 Å². The second-order valence-corrected chi connectivity index (χ2v) is 5.65. The Morgan fingerprint density at radius 2 is 2.00 bits per heavy atom. The molecule has 0 aromatic heterocycles. The number of carbonyl (C=O) groups is 1. The SMILES string of the molecule is Cc1ccc(S(=O)(=O)NC(CO)C(=O)O)c(C)c1. The molecule has 0 spiro atoms. The lowest BCUT2D eigenvalue weighted by Crippen LogP contribution is -2.43. The van der Waals surface area contributed by atoms with Gasteiger partial charge in [-0.25, -0.2) is 8.42 Å². The lowest BCUT2D eigenvalue weighted by Gasteiger charge is -2.14. The second-order valence-electron chi connectivity index (χ2n) is 3.96. The maximum absolute atomic E-state index is 12.0. The van der Waals surface area contributed by atoms with Gasteiger partial charge in [0.1, 0.15) is 6.04 Å². The van der Waals surface area contributed by atoms with E-state index in [9.17, 15) is 13.2 Å². The van der Waals surface area contributed by atoms with Crippen molar-refractivity contribution in [3.05, 3.63) is 29.3 Å². The van der Waals surface area contributed by atoms with Crippen LogP contribution in [0.4, 0.5) is 0 Å². The number of nitrogens with one attached hydrogen (secondary N) is 1. The predicted molar refractivity (Wildman–Crippen MR) is 64.7 cm³/mol. The number of aliphatic hydroxyl groups excluding tert-OH is 1. The number of hydrogen-bond donors (Lipinski definition) is 3. The number of aliphatic hydroxyl groups is 1. The first-order chi connectivity index (χ1) is 8.27. The molecule has 0 aliphatic rings. The van der Waals surface area contributed by atoms with Gasteiger partial charge in [0, 0.05) is 0 Å². The van der Waals surface area contributed by atoms with E-state index in [1.807, 2.05) is 11.6 Å². The number of carboxylic acids is 1. The quantitative estimate of drug-likeness (QED) is 0.702. The molecular weight excluding hydrogens is 258 g/mol. The fraction of sp³-hybridized carbons (Fsp3) is 0.364. The molecule has 1 atom stereocenters. The van der Waals surface area contributed by atoms with E-state index in [1.54, 1.807) is 19.1 Å². The molecule has 1 unspecified atom stereocenters. The predicted octanol–water partition coefficient (Wildman–Crippen LogP) is 0.0272. The molecule has 3 N–H and O–H groups in total. The number of sulfonamides is 1. The summed E-state index contributed by atoms with van der Waals surface area (Å²) in [6, 6.07) is 3.17. The minimum absolute atomic E-state index is 0.00722. The number of aryl methyl sites for hydroxylation is 2. The van der Waals surface area contributed by atoms with E-state index >= 15 is 0 Å². The fourth-order valence-electron chi connectivity index (χ4n) is 1.52. The van der Waals surface area contributed by atoms with Crippen molar-refractivity contribution in [2.45, 2.75) is 24.8 Å². The van der Waals surface area contributed by atoms with Gasteiger partial charge in [-0.1, -0.05) is 17.7 Å². The van der Waals surface area contributed by atoms with Crippen LogP contribution in [0.1, 0.15) is 11.1 Å². The van der Waals surface area contributed by atoms with Gasteiger partial charge in [0.15, 0.2) is 0 Å². The third kappa shape index (κ3) is 3.28. The van der Waals surface area contributed by atoms with Crippen LogP contribution in [0.15, 0.2) is 23.1 Å². The standard InChI is InChI=1S/C11H15NO5S/c1-7-3-4-10(8(2)5-7)18(16,17)12-9(6-13)11(14)15/h3-5,9,12-13H,6H2,1-2H3,(H,14,15). The topological polar surface area (TPSA) is 104 Å². The molecule has 0 aliphatic carbocycles. The van der Waals surface area contributed by atoms with Crippen LogP contribution >= 0.6 is 0 Å². The Balaban J connectivity index is 3.10. The van der Waals surface area contributed by atoms with Gasteiger partial charge >= 0.3 is 5.97 Å². The number of rotatable bonds is 5. The first kappa shape index (κ1) is 14.6. The number of hydrogen-bond acceptors (Lipinski definition) is 4. The van der Waals surface area contributed by atoms with E-state index in [-0.39, 0.29) is 4.90 Å². The summed E-state index contributed by atoms with van der Waals surface area (Å²) in [6.07, 6.45) is 0. The normalized spacial score (nSPS) is 13.3. The molecule has 0 fully saturated rings. The maximum atomic E-state index is 12.0. The summed E-state index contributed by atoms with van der Waals surface area (Å²) in [7, 11) is -3.95. The molecule has 100 valence electrons. The van der Waals surface area contributed by atoms with Gasteiger partial charge in [0.2, 0.25) is 10.0 Å². The molecule has 0 saturated carbocycles. The van der Waals surface area contributed by atoms with E-state index < -0.39 is 28.6 Å². The summed E-state index contributed by atoms with van der Waals surface area (Å²) in [5, 5.41) is 17.5. The lowest BCUT2D eigenvalue weighted by molar-refractivity contribution is -0.139. The van der Waals surface area contributed by atoms with Crippen molar-refractivity contribution in [1.29, 1.82) is 0 Å². The Morgan fingerprint density at radius 3 is 2.44 bits per heavy atom. The summed E-state index contributed by atoms with van der Waals surface area (Å²) >= 11 is 0. The summed E-state index contributed by atoms with van der Waals surface area (Å²) in [5.41, 5.74) is 1.42. The highest BCUT2D eigenvalue weighted by Crippen LogP contribution is 2.16. The lowest BCUT2D eigenvalue weighted by atomic mass is 10.2. The molecule has 0 heterocycles. The molecule has 18 heavy (non-hydrogen) atoms. The summed E-state index contributed by atoms with van der Waals surface area (Å²) in [6.45, 7) is 2.64. The highest BCUT2D eigenvalue weighted by atomic mass is 32.2. The van der Waals surface area contributed by atoms with Crippen molar-refractivity contribution in [2.75, 3.05) is 6.61 Å². The van der Waals surface area contributed by atoms with E-state index in [2.05, 4.69) is 0 Å². The van der Waals surface area contributed by atoms with Crippen LogP contribution < -0.4 is 4.72 Å². The number of carboxylic acid groups (broad SMARTS) is 1. The molecule has 0 aliphatic heterocycles. The van der Waals surface area contributed by atoms with Crippen molar-refractivity contribution in [1.82, 2.24) is 4.72 Å². The zero-order valence-electron chi connectivity index (χ0n) is 10.0. The maximum Gasteiger partial charge on any atom is 0.324 e. The molecule has 1 aromatic rings. The molecule has 6 nitrogen and oxygen atoms in total. The van der Waals surface area contributed by atoms with Crippen LogP contribution in [-0.4, -0.2) is 37.2 Å². The molecule has 0 saturated heterocycles. The van der Waals surface area contributed by atoms with Crippen molar-refractivity contribution >= 4 is 16.0 Å². The zero-order chi connectivity index (χ0) is 13.9. The molecule has 0 radical (unpaired) electrons. The average molecular weight is 273 g/mol. The molecular formula is C11H15NO5S. The Kier molecular flexibility index (Phi) is 4.44. The summed E-state index contributed by atoms with van der Waals surface area (Å²) < 4.78 is 25.8. The summed E-state index contributed by atoms with van der Waals surface area (Å²) in [5.74, 6) is -1.43. The highest BCUT2D eigenvalue weighted by Gasteiger charge is 2.25. The van der Waals surface area contributed by atoms with Gasteiger partial charge in [0.05, 0.1) is 11.5 Å². The van der Waals surface area contributed by atoms with Crippen LogP contribution in [0.2, 0.25) is 0 Å². The second kappa shape index (κ2) is 5.47. The largest absolute Gasteiger partial charge is 0.480 e. The first-order valence-electron chi connectivity index (χ1n) is 5.21. The van der Waals surface area contributed by atoms with E-state index in [1.165, 1.54) is 6.07 Å². The van der Waals surface area contributed by atoms with Gasteiger partial charge < -0.3 is 10.2 Å². The first-order valence-corrected chi connectivity index (χ1v) is 6.69. The van der Waals surface area contributed by atoms with Gasteiger partial charge in [-0.3, -0.25) is 4.79 Å². The minimum Gasteiger partial charge on any atom is -0.480 e. The van der Waals surface area contributed by atoms with Crippen molar-refractivity contribution in [2.24, 2.45) is 0 Å². The molecule has 7 heteroatoms. The Bertz CT molecular complexity index is 553. The van der Waals surface area contributed by atoms with E-state index in [4.69, 9.17) is 10.2 Å². The van der Waals surface area contributed by atoms with E-state index in [0.29, 0.717) is 5.56 Å². The smallest absolute Gasteiger partial charge is 0.324 e. The average Bonchev–Trinajstić information content (AvgIpc) is 2.24. The molecule has 0 amide bonds. The molecule has 1 aromatic carbocycles. The van der Waals surface area contributed by atoms with Gasteiger partial charge in [-0.15, -0.1) is 0 Å². The fourth-order valence-corrected chi connectivity index (χ4v) is 2.92. The molecule has 1 rings (SSSR count). The molecule has 0 bridgehead atoms. The minimum atomic E-state index is -3.95. The zero-order valence-corrected chi connectivity index (χ0v) is 10.9. The van der Waals surface area contributed by atoms with Crippen molar-refractivity contribution < 1.29 is 23.4 Å². The third-order valence-corrected chi connectivity index (χ3v) is 4.03. The van der Waals surface area contributed by atoms with Gasteiger partial charge in [0.25, 0.3) is 0 Å². The Hall–Kier alpha value is -1.44. The van der Waals surface area contributed by atoms with Crippen molar-refractivity contribution in [3.63, 3.8) is 0 Å². The van der Waals surface area contributed by atoms with Crippen molar-refractivity contribution in [3.8, 4) is 0 Å². The van der Waals surface area contributed by atoms with Gasteiger partial charge in [-0.2, -0.15) is 4.72 Å². The number of benzene rings is 1. The monoisotopic (exact) mass is 273 g/mol. The van der Waals surface area contributed by atoms with E-state index in [0.717, 1.165) is 5.56 Å². The summed E-state index contributed by atoms with van der Waals surface area (Å²) in [4.78, 5) is 10.7. The Morgan fingerprint density at radius 1 is 1.39 bits per heavy atom.